The quantitative estimate of drug-likeness (QED) is 0.815. The third kappa shape index (κ3) is 2.68. The Hall–Kier alpha value is -1.10. The molecule has 0 saturated heterocycles. The smallest absolute Gasteiger partial charge is 0.336 e. The fourth-order valence-electron chi connectivity index (χ4n) is 3.84. The Morgan fingerprint density at radius 1 is 1.29 bits per heavy atom. The minimum atomic E-state index is -1.99. The van der Waals surface area contributed by atoms with E-state index in [-0.39, 0.29) is 24.2 Å². The number of rotatable bonds is 5. The van der Waals surface area contributed by atoms with Crippen LogP contribution in [-0.4, -0.2) is 45.7 Å². The molecule has 122 valence electrons. The lowest BCUT2D eigenvalue weighted by Gasteiger charge is -2.52. The fourth-order valence-corrected chi connectivity index (χ4v) is 3.84. The van der Waals surface area contributed by atoms with Gasteiger partial charge in [-0.3, -0.25) is 4.79 Å². The summed E-state index contributed by atoms with van der Waals surface area (Å²) in [5.74, 6) is -1.63. The van der Waals surface area contributed by atoms with Gasteiger partial charge < -0.3 is 15.1 Å². The van der Waals surface area contributed by atoms with Crippen molar-refractivity contribution < 1.29 is 19.8 Å². The highest BCUT2D eigenvalue weighted by Crippen LogP contribution is 2.52. The molecule has 0 heterocycles. The number of aliphatic carboxylic acids is 1. The molecule has 0 radical (unpaired) electrons. The van der Waals surface area contributed by atoms with E-state index < -0.39 is 17.0 Å². The van der Waals surface area contributed by atoms with Gasteiger partial charge in [-0.15, -0.1) is 0 Å². The molecule has 0 aromatic carbocycles. The number of nitrogens with zero attached hydrogens (tertiary/aromatic N) is 1. The van der Waals surface area contributed by atoms with E-state index in [0.717, 1.165) is 6.42 Å². The summed E-state index contributed by atoms with van der Waals surface area (Å²) in [5, 5.41) is 20.6. The van der Waals surface area contributed by atoms with Crippen LogP contribution in [0.25, 0.3) is 0 Å². The van der Waals surface area contributed by atoms with E-state index in [2.05, 4.69) is 0 Å². The molecule has 5 nitrogen and oxygen atoms in total. The highest BCUT2D eigenvalue weighted by atomic mass is 16.4. The summed E-state index contributed by atoms with van der Waals surface area (Å²) < 4.78 is 0. The van der Waals surface area contributed by atoms with E-state index in [1.807, 2.05) is 34.6 Å². The predicted octanol–water partition coefficient (Wildman–Crippen LogP) is 2.13. The summed E-state index contributed by atoms with van der Waals surface area (Å²) >= 11 is 0. The molecule has 3 atom stereocenters. The van der Waals surface area contributed by atoms with Crippen molar-refractivity contribution in [3.63, 3.8) is 0 Å². The van der Waals surface area contributed by atoms with E-state index >= 15 is 0 Å². The number of hydrogen-bond acceptors (Lipinski definition) is 3. The second kappa shape index (κ2) is 6.34. The van der Waals surface area contributed by atoms with Gasteiger partial charge in [-0.1, -0.05) is 20.8 Å². The van der Waals surface area contributed by atoms with E-state index in [0.29, 0.717) is 19.5 Å². The van der Waals surface area contributed by atoms with Gasteiger partial charge in [0.1, 0.15) is 0 Å². The lowest BCUT2D eigenvalue weighted by atomic mass is 9.55. The molecule has 2 N–H and O–H groups in total. The molecule has 1 fully saturated rings. The summed E-state index contributed by atoms with van der Waals surface area (Å²) in [6, 6.07) is 0. The van der Waals surface area contributed by atoms with Crippen molar-refractivity contribution in [3.05, 3.63) is 0 Å². The van der Waals surface area contributed by atoms with Gasteiger partial charge in [-0.2, -0.15) is 0 Å². The number of aliphatic hydroxyl groups is 1. The number of hydrogen-bond donors (Lipinski definition) is 2. The van der Waals surface area contributed by atoms with Gasteiger partial charge in [-0.25, -0.2) is 4.79 Å². The fraction of sp³-hybridized carbons (Fsp3) is 0.875. The summed E-state index contributed by atoms with van der Waals surface area (Å²) in [6.45, 7) is 10.4. The molecule has 0 aromatic heterocycles. The Morgan fingerprint density at radius 2 is 1.81 bits per heavy atom. The van der Waals surface area contributed by atoms with Crippen molar-refractivity contribution in [1.82, 2.24) is 4.90 Å². The average Bonchev–Trinajstić information content (AvgIpc) is 2.39. The molecule has 1 amide bonds. The number of amides is 1. The molecule has 0 bridgehead atoms. The third-order valence-corrected chi connectivity index (χ3v) is 5.19. The van der Waals surface area contributed by atoms with Crippen LogP contribution in [0.3, 0.4) is 0 Å². The molecule has 0 unspecified atom stereocenters. The first-order chi connectivity index (χ1) is 9.67. The minimum Gasteiger partial charge on any atom is -0.479 e. The molecular formula is C16H29NO4. The zero-order valence-electron chi connectivity index (χ0n) is 13.8. The van der Waals surface area contributed by atoms with Gasteiger partial charge in [-0.05, 0) is 44.9 Å². The van der Waals surface area contributed by atoms with Gasteiger partial charge in [0.25, 0.3) is 0 Å². The van der Waals surface area contributed by atoms with Crippen LogP contribution in [0.15, 0.2) is 0 Å². The van der Waals surface area contributed by atoms with Crippen molar-refractivity contribution in [2.75, 3.05) is 13.1 Å². The van der Waals surface area contributed by atoms with Crippen LogP contribution < -0.4 is 0 Å². The van der Waals surface area contributed by atoms with E-state index in [1.165, 1.54) is 0 Å². The number of carbonyl (C=O) groups excluding carboxylic acids is 1. The highest BCUT2D eigenvalue weighted by molar-refractivity contribution is 5.93. The molecule has 21 heavy (non-hydrogen) atoms. The van der Waals surface area contributed by atoms with Crippen LogP contribution in [-0.2, 0) is 9.59 Å². The summed E-state index contributed by atoms with van der Waals surface area (Å²) in [6.07, 6.45) is 1.32. The van der Waals surface area contributed by atoms with E-state index in [1.54, 1.807) is 4.90 Å². The van der Waals surface area contributed by atoms with Gasteiger partial charge in [0.2, 0.25) is 5.91 Å². The summed E-state index contributed by atoms with van der Waals surface area (Å²) in [4.78, 5) is 26.5. The minimum absolute atomic E-state index is 0.0995. The van der Waals surface area contributed by atoms with Crippen LogP contribution in [0.4, 0.5) is 0 Å². The normalized spacial score (nSPS) is 33.0. The Kier molecular flexibility index (Phi) is 5.42. The lowest BCUT2D eigenvalue weighted by molar-refractivity contribution is -0.203. The van der Waals surface area contributed by atoms with E-state index in [4.69, 9.17) is 0 Å². The van der Waals surface area contributed by atoms with Crippen LogP contribution in [0.1, 0.15) is 53.9 Å². The largest absolute Gasteiger partial charge is 0.479 e. The van der Waals surface area contributed by atoms with Crippen molar-refractivity contribution in [3.8, 4) is 0 Å². The summed E-state index contributed by atoms with van der Waals surface area (Å²) in [7, 11) is 0. The molecule has 0 spiro atoms. The van der Waals surface area contributed by atoms with Crippen molar-refractivity contribution in [2.45, 2.75) is 59.5 Å². The second-order valence-corrected chi connectivity index (χ2v) is 6.62. The molecule has 1 saturated carbocycles. The van der Waals surface area contributed by atoms with Gasteiger partial charge in [0.15, 0.2) is 5.60 Å². The van der Waals surface area contributed by atoms with E-state index in [9.17, 15) is 19.8 Å². The standard InChI is InChI=1S/C16H29NO4/c1-6-17(7-2)13(18)15(11(3)4)9-8-12(5)10-16(15,21)14(19)20/h11-12,21H,6-10H2,1-5H3,(H,19,20)/t12-,15+,16+/m1/s1. The van der Waals surface area contributed by atoms with Gasteiger partial charge in [0.05, 0.1) is 5.41 Å². The zero-order chi connectivity index (χ0) is 16.4. The van der Waals surface area contributed by atoms with Crippen LogP contribution in [0.2, 0.25) is 0 Å². The molecule has 1 aliphatic rings. The molecule has 0 aliphatic heterocycles. The van der Waals surface area contributed by atoms with Crippen molar-refractivity contribution in [1.29, 1.82) is 0 Å². The van der Waals surface area contributed by atoms with Gasteiger partial charge >= 0.3 is 5.97 Å². The van der Waals surface area contributed by atoms with Crippen molar-refractivity contribution >= 4 is 11.9 Å². The Bertz CT molecular complexity index is 405. The maximum absolute atomic E-state index is 13.1. The third-order valence-electron chi connectivity index (χ3n) is 5.19. The van der Waals surface area contributed by atoms with Crippen LogP contribution in [0, 0.1) is 17.3 Å². The van der Waals surface area contributed by atoms with Crippen LogP contribution >= 0.6 is 0 Å². The first-order valence-corrected chi connectivity index (χ1v) is 7.92. The first kappa shape index (κ1) is 18.0. The van der Waals surface area contributed by atoms with Crippen LogP contribution in [0.5, 0.6) is 0 Å². The SMILES string of the molecule is CCN(CC)C(=O)[C@@]1(C(C)C)CC[C@@H](C)C[C@]1(O)C(=O)O. The Balaban J connectivity index is 3.42. The Morgan fingerprint density at radius 3 is 2.19 bits per heavy atom. The van der Waals surface area contributed by atoms with Gasteiger partial charge in [0, 0.05) is 13.1 Å². The second-order valence-electron chi connectivity index (χ2n) is 6.62. The molecular weight excluding hydrogens is 270 g/mol. The Labute approximate surface area is 127 Å². The predicted molar refractivity (Wildman–Crippen MR) is 80.8 cm³/mol. The molecule has 0 aromatic rings. The lowest BCUT2D eigenvalue weighted by Crippen LogP contribution is -2.66. The first-order valence-electron chi connectivity index (χ1n) is 7.92. The number of carboxylic acids is 1. The number of carbonyl (C=O) groups is 2. The highest BCUT2D eigenvalue weighted by Gasteiger charge is 2.64. The monoisotopic (exact) mass is 299 g/mol. The summed E-state index contributed by atoms with van der Waals surface area (Å²) in [5.41, 5.74) is -3.23. The molecule has 1 rings (SSSR count). The van der Waals surface area contributed by atoms with Crippen molar-refractivity contribution in [2.24, 2.45) is 17.3 Å². The molecule has 5 heteroatoms. The maximum atomic E-state index is 13.1. The molecule has 1 aliphatic carbocycles. The zero-order valence-corrected chi connectivity index (χ0v) is 13.8. The topological polar surface area (TPSA) is 77.8 Å². The number of carboxylic acid groups (broad SMARTS) is 1. The maximum Gasteiger partial charge on any atom is 0.336 e. The average molecular weight is 299 g/mol.